The molecular weight excluding hydrogens is 284 g/mol. The minimum absolute atomic E-state index is 0.0513. The molecule has 5 heteroatoms. The molecular formula is C16H26N2O2S. The van der Waals surface area contributed by atoms with E-state index in [1.807, 2.05) is 20.0 Å². The van der Waals surface area contributed by atoms with Gasteiger partial charge in [0.1, 0.15) is 0 Å². The molecule has 4 nitrogen and oxygen atoms in total. The van der Waals surface area contributed by atoms with Crippen molar-refractivity contribution < 1.29 is 8.42 Å². The number of hydrogen-bond donors (Lipinski definition) is 2. The van der Waals surface area contributed by atoms with Gasteiger partial charge in [-0.25, -0.2) is 13.1 Å². The van der Waals surface area contributed by atoms with Crippen molar-refractivity contribution in [3.8, 4) is 0 Å². The van der Waals surface area contributed by atoms with Crippen LogP contribution in [-0.4, -0.2) is 21.5 Å². The summed E-state index contributed by atoms with van der Waals surface area (Å²) >= 11 is 0. The topological polar surface area (TPSA) is 58.2 Å². The molecule has 1 saturated carbocycles. The number of hydrogen-bond acceptors (Lipinski definition) is 3. The molecule has 118 valence electrons. The van der Waals surface area contributed by atoms with E-state index in [1.54, 1.807) is 18.2 Å². The van der Waals surface area contributed by atoms with E-state index in [4.69, 9.17) is 0 Å². The highest BCUT2D eigenvalue weighted by Crippen LogP contribution is 2.37. The first-order valence-electron chi connectivity index (χ1n) is 7.53. The molecule has 0 heterocycles. The molecule has 1 aromatic rings. The average molecular weight is 310 g/mol. The van der Waals surface area contributed by atoms with Crippen LogP contribution in [0.1, 0.15) is 51.6 Å². The maximum Gasteiger partial charge on any atom is 0.240 e. The first kappa shape index (κ1) is 16.5. The fourth-order valence-corrected chi connectivity index (χ4v) is 4.27. The zero-order valence-electron chi connectivity index (χ0n) is 13.3. The molecule has 0 amide bonds. The van der Waals surface area contributed by atoms with Crippen LogP contribution in [0.3, 0.4) is 0 Å². The largest absolute Gasteiger partial charge is 0.313 e. The monoisotopic (exact) mass is 310 g/mol. The lowest BCUT2D eigenvalue weighted by atomic mass is 9.92. The standard InChI is InChI=1S/C16H26N2O2S/c1-12(17-4)13-6-5-7-15(10-13)21(19,20)18-14-8-9-16(2,3)11-14/h5-7,10,12,14,17-18H,8-9,11H2,1-4H3. The molecule has 1 fully saturated rings. The van der Waals surface area contributed by atoms with Gasteiger partial charge in [0.25, 0.3) is 0 Å². The van der Waals surface area contributed by atoms with Crippen molar-refractivity contribution in [2.75, 3.05) is 7.05 Å². The maximum atomic E-state index is 12.5. The van der Waals surface area contributed by atoms with E-state index in [9.17, 15) is 8.42 Å². The van der Waals surface area contributed by atoms with Crippen molar-refractivity contribution in [3.05, 3.63) is 29.8 Å². The minimum atomic E-state index is -3.44. The summed E-state index contributed by atoms with van der Waals surface area (Å²) in [6.45, 7) is 6.39. The van der Waals surface area contributed by atoms with Gasteiger partial charge in [-0.2, -0.15) is 0 Å². The van der Waals surface area contributed by atoms with E-state index >= 15 is 0 Å². The van der Waals surface area contributed by atoms with E-state index in [2.05, 4.69) is 23.9 Å². The molecule has 2 atom stereocenters. The lowest BCUT2D eigenvalue weighted by Crippen LogP contribution is -2.33. The van der Waals surface area contributed by atoms with E-state index in [0.29, 0.717) is 4.90 Å². The Morgan fingerprint density at radius 1 is 1.33 bits per heavy atom. The van der Waals surface area contributed by atoms with Crippen LogP contribution in [0.4, 0.5) is 0 Å². The number of nitrogens with one attached hydrogen (secondary N) is 2. The van der Waals surface area contributed by atoms with Crippen molar-refractivity contribution >= 4 is 10.0 Å². The van der Waals surface area contributed by atoms with Crippen LogP contribution in [0.5, 0.6) is 0 Å². The predicted octanol–water partition coefficient (Wildman–Crippen LogP) is 2.82. The summed E-state index contributed by atoms with van der Waals surface area (Å²) in [6.07, 6.45) is 2.88. The van der Waals surface area contributed by atoms with Gasteiger partial charge in [0, 0.05) is 12.1 Å². The van der Waals surface area contributed by atoms with Crippen molar-refractivity contribution in [3.63, 3.8) is 0 Å². The van der Waals surface area contributed by atoms with Crippen LogP contribution in [0.15, 0.2) is 29.2 Å². The molecule has 0 saturated heterocycles. The van der Waals surface area contributed by atoms with Gasteiger partial charge in [0.15, 0.2) is 0 Å². The van der Waals surface area contributed by atoms with E-state index in [1.165, 1.54) is 0 Å². The Morgan fingerprint density at radius 2 is 2.05 bits per heavy atom. The van der Waals surface area contributed by atoms with E-state index in [0.717, 1.165) is 24.8 Å². The zero-order valence-corrected chi connectivity index (χ0v) is 14.1. The summed E-state index contributed by atoms with van der Waals surface area (Å²) in [6, 6.07) is 7.34. The second-order valence-corrected chi connectivity index (χ2v) is 8.52. The highest BCUT2D eigenvalue weighted by Gasteiger charge is 2.33. The molecule has 2 N–H and O–H groups in total. The molecule has 21 heavy (non-hydrogen) atoms. The fraction of sp³-hybridized carbons (Fsp3) is 0.625. The van der Waals surface area contributed by atoms with Crippen LogP contribution in [0.2, 0.25) is 0 Å². The molecule has 2 unspecified atom stereocenters. The van der Waals surface area contributed by atoms with Crippen molar-refractivity contribution in [2.45, 2.75) is 57.0 Å². The quantitative estimate of drug-likeness (QED) is 0.879. The van der Waals surface area contributed by atoms with Gasteiger partial charge >= 0.3 is 0 Å². The highest BCUT2D eigenvalue weighted by molar-refractivity contribution is 7.89. The highest BCUT2D eigenvalue weighted by atomic mass is 32.2. The normalized spacial score (nSPS) is 23.1. The van der Waals surface area contributed by atoms with Crippen molar-refractivity contribution in [2.24, 2.45) is 5.41 Å². The Morgan fingerprint density at radius 3 is 2.62 bits per heavy atom. The summed E-state index contributed by atoms with van der Waals surface area (Å²) in [4.78, 5) is 0.354. The molecule has 1 aromatic carbocycles. The molecule has 1 aliphatic carbocycles. The average Bonchev–Trinajstić information content (AvgIpc) is 2.76. The molecule has 0 aromatic heterocycles. The summed E-state index contributed by atoms with van der Waals surface area (Å²) < 4.78 is 27.9. The van der Waals surface area contributed by atoms with Crippen molar-refractivity contribution in [1.29, 1.82) is 0 Å². The molecule has 0 bridgehead atoms. The van der Waals surface area contributed by atoms with Gasteiger partial charge in [0.2, 0.25) is 10.0 Å². The summed E-state index contributed by atoms with van der Waals surface area (Å²) in [7, 11) is -1.57. The van der Waals surface area contributed by atoms with Crippen LogP contribution in [0.25, 0.3) is 0 Å². The number of benzene rings is 1. The third-order valence-electron chi connectivity index (χ3n) is 4.39. The zero-order chi connectivity index (χ0) is 15.7. The second-order valence-electron chi connectivity index (χ2n) is 6.81. The third-order valence-corrected chi connectivity index (χ3v) is 5.91. The SMILES string of the molecule is CNC(C)c1cccc(S(=O)(=O)NC2CCC(C)(C)C2)c1. The minimum Gasteiger partial charge on any atom is -0.313 e. The third kappa shape index (κ3) is 4.05. The lowest BCUT2D eigenvalue weighted by molar-refractivity contribution is 0.372. The Balaban J connectivity index is 2.16. The Labute approximate surface area is 128 Å². The molecule has 0 radical (unpaired) electrons. The predicted molar refractivity (Wildman–Crippen MR) is 85.7 cm³/mol. The number of rotatable bonds is 5. The number of sulfonamides is 1. The lowest BCUT2D eigenvalue weighted by Gasteiger charge is -2.18. The second kappa shape index (κ2) is 6.07. The summed E-state index contributed by atoms with van der Waals surface area (Å²) in [5.41, 5.74) is 1.21. The van der Waals surface area contributed by atoms with Crippen LogP contribution >= 0.6 is 0 Å². The Hall–Kier alpha value is -0.910. The van der Waals surface area contributed by atoms with Crippen LogP contribution in [0, 0.1) is 5.41 Å². The van der Waals surface area contributed by atoms with Gasteiger partial charge in [-0.1, -0.05) is 26.0 Å². The van der Waals surface area contributed by atoms with Crippen LogP contribution < -0.4 is 10.0 Å². The first-order valence-corrected chi connectivity index (χ1v) is 9.01. The van der Waals surface area contributed by atoms with Gasteiger partial charge in [-0.05, 0) is 56.3 Å². The molecule has 2 rings (SSSR count). The smallest absolute Gasteiger partial charge is 0.240 e. The van der Waals surface area contributed by atoms with E-state index < -0.39 is 10.0 Å². The molecule has 0 spiro atoms. The van der Waals surface area contributed by atoms with Gasteiger partial charge in [-0.15, -0.1) is 0 Å². The van der Waals surface area contributed by atoms with Gasteiger partial charge < -0.3 is 5.32 Å². The van der Waals surface area contributed by atoms with Gasteiger partial charge in [0.05, 0.1) is 4.90 Å². The Kier molecular flexibility index (Phi) is 4.76. The molecule has 0 aliphatic heterocycles. The van der Waals surface area contributed by atoms with Crippen LogP contribution in [-0.2, 0) is 10.0 Å². The molecule has 1 aliphatic rings. The summed E-state index contributed by atoms with van der Waals surface area (Å²) in [5, 5.41) is 3.13. The fourth-order valence-electron chi connectivity index (χ4n) is 2.94. The Bertz CT molecular complexity index is 596. The first-order chi connectivity index (χ1) is 9.73. The van der Waals surface area contributed by atoms with E-state index in [-0.39, 0.29) is 17.5 Å². The summed E-state index contributed by atoms with van der Waals surface area (Å²) in [5.74, 6) is 0. The van der Waals surface area contributed by atoms with Gasteiger partial charge in [-0.3, -0.25) is 0 Å². The maximum absolute atomic E-state index is 12.5. The van der Waals surface area contributed by atoms with Crippen molar-refractivity contribution in [1.82, 2.24) is 10.0 Å².